The van der Waals surface area contributed by atoms with Crippen molar-refractivity contribution in [1.29, 1.82) is 0 Å². The van der Waals surface area contributed by atoms with Crippen LogP contribution < -0.4 is 0 Å². The number of hydrogen-bond acceptors (Lipinski definition) is 0. The van der Waals surface area contributed by atoms with E-state index in [4.69, 9.17) is 0 Å². The van der Waals surface area contributed by atoms with Crippen molar-refractivity contribution in [2.45, 2.75) is 20.8 Å². The van der Waals surface area contributed by atoms with E-state index in [2.05, 4.69) is 20.8 Å². The van der Waals surface area contributed by atoms with Crippen molar-refractivity contribution in [2.24, 2.45) is 0 Å². The average molecular weight is 200 g/mol. The fraction of sp³-hybridized carbons (Fsp3) is 0.273. The van der Waals surface area contributed by atoms with E-state index in [-0.39, 0.29) is 21.7 Å². The minimum Gasteiger partial charge on any atom is -0.346 e. The fourth-order valence-corrected chi connectivity index (χ4v) is 0.321. The first-order valence-corrected chi connectivity index (χ1v) is 3.79. The van der Waals surface area contributed by atoms with Crippen LogP contribution in [-0.4, -0.2) is 0 Å². The van der Waals surface area contributed by atoms with E-state index in [1.807, 2.05) is 30.3 Å². The zero-order chi connectivity index (χ0) is 9.54. The van der Waals surface area contributed by atoms with Gasteiger partial charge >= 0.3 is 21.7 Å². The van der Waals surface area contributed by atoms with E-state index in [9.17, 15) is 0 Å². The molecule has 0 radical (unpaired) electrons. The van der Waals surface area contributed by atoms with Crippen LogP contribution in [-0.2, 0) is 21.7 Å². The molecule has 0 bridgehead atoms. The van der Waals surface area contributed by atoms with Gasteiger partial charge in [0, 0.05) is 0 Å². The van der Waals surface area contributed by atoms with Crippen molar-refractivity contribution < 1.29 is 21.7 Å². The zero-order valence-corrected chi connectivity index (χ0v) is 10.1. The fourth-order valence-electron chi connectivity index (χ4n) is 0.321. The molecule has 0 saturated carbocycles. The van der Waals surface area contributed by atoms with Gasteiger partial charge in [-0.1, -0.05) is 0 Å². The Bertz CT molecular complexity index is 61.5. The van der Waals surface area contributed by atoms with Crippen LogP contribution in [0, 0.1) is 20.8 Å². The molecule has 1 aromatic rings. The van der Waals surface area contributed by atoms with Crippen LogP contribution in [0.3, 0.4) is 0 Å². The quantitative estimate of drug-likeness (QED) is 0.439. The number of rotatable bonds is 0. The van der Waals surface area contributed by atoms with Gasteiger partial charge in [-0.15, -0.1) is 0 Å². The predicted octanol–water partition coefficient (Wildman–Crippen LogP) is 3.92. The summed E-state index contributed by atoms with van der Waals surface area (Å²) in [6, 6.07) is 10.0. The molecule has 12 heavy (non-hydrogen) atoms. The molecule has 0 unspecified atom stereocenters. The van der Waals surface area contributed by atoms with Crippen molar-refractivity contribution in [2.75, 3.05) is 0 Å². The molecule has 0 saturated heterocycles. The van der Waals surface area contributed by atoms with Crippen molar-refractivity contribution in [3.8, 4) is 0 Å². The van der Waals surface area contributed by atoms with Crippen LogP contribution in [0.5, 0.6) is 0 Å². The van der Waals surface area contributed by atoms with Crippen molar-refractivity contribution >= 4 is 0 Å². The van der Waals surface area contributed by atoms with Gasteiger partial charge in [0.2, 0.25) is 0 Å². The molecule has 68 valence electrons. The van der Waals surface area contributed by atoms with Gasteiger partial charge in [-0.2, -0.15) is 39.0 Å². The molecular formula is C11H20Ti. The molecule has 0 spiro atoms. The van der Waals surface area contributed by atoms with E-state index in [0.29, 0.717) is 0 Å². The predicted molar refractivity (Wildman–Crippen MR) is 55.1 cm³/mol. The van der Waals surface area contributed by atoms with Gasteiger partial charge in [0.1, 0.15) is 0 Å². The molecule has 0 aliphatic heterocycles. The minimum absolute atomic E-state index is 0. The first-order valence-electron chi connectivity index (χ1n) is 3.79. The summed E-state index contributed by atoms with van der Waals surface area (Å²) >= 11 is 0. The third-order valence-corrected chi connectivity index (χ3v) is 0.556. The van der Waals surface area contributed by atoms with Gasteiger partial charge in [0.15, 0.2) is 0 Å². The monoisotopic (exact) mass is 200 g/mol. The Morgan fingerprint density at radius 2 is 1.00 bits per heavy atom. The molecule has 1 rings (SSSR count). The van der Waals surface area contributed by atoms with Gasteiger partial charge in [0.25, 0.3) is 0 Å². The summed E-state index contributed by atoms with van der Waals surface area (Å²) in [6.45, 7) is 15.0. The summed E-state index contributed by atoms with van der Waals surface area (Å²) in [5, 5.41) is 0. The van der Waals surface area contributed by atoms with Crippen molar-refractivity contribution in [3.63, 3.8) is 0 Å². The van der Waals surface area contributed by atoms with Crippen molar-refractivity contribution in [3.05, 3.63) is 51.1 Å². The Morgan fingerprint density at radius 1 is 0.750 bits per heavy atom. The van der Waals surface area contributed by atoms with E-state index in [1.165, 1.54) is 0 Å². The largest absolute Gasteiger partial charge is 4.00 e. The van der Waals surface area contributed by atoms with E-state index >= 15 is 0 Å². The Balaban J connectivity index is -0.0000000406. The first kappa shape index (κ1) is 22.7. The molecule has 1 aromatic carbocycles. The molecule has 0 amide bonds. The maximum absolute atomic E-state index is 3.25. The van der Waals surface area contributed by atoms with Gasteiger partial charge < -0.3 is 20.8 Å². The summed E-state index contributed by atoms with van der Waals surface area (Å²) in [7, 11) is 0. The van der Waals surface area contributed by atoms with Crippen LogP contribution in [0.25, 0.3) is 0 Å². The normalized spacial score (nSPS) is 4.83. The van der Waals surface area contributed by atoms with E-state index in [0.717, 1.165) is 0 Å². The molecule has 0 aliphatic carbocycles. The summed E-state index contributed by atoms with van der Waals surface area (Å²) in [5.41, 5.74) is 0. The maximum Gasteiger partial charge on any atom is 4.00 e. The number of hydrogen-bond donors (Lipinski definition) is 0. The smallest absolute Gasteiger partial charge is 0.346 e. The summed E-state index contributed by atoms with van der Waals surface area (Å²) in [4.78, 5) is 0. The zero-order valence-electron chi connectivity index (χ0n) is 8.51. The second-order valence-electron chi connectivity index (χ2n) is 0.962. The van der Waals surface area contributed by atoms with Gasteiger partial charge in [-0.05, 0) is 0 Å². The van der Waals surface area contributed by atoms with Crippen molar-refractivity contribution in [1.82, 2.24) is 0 Å². The maximum atomic E-state index is 3.25. The Morgan fingerprint density at radius 3 is 1.08 bits per heavy atom. The molecule has 0 atom stereocenters. The third-order valence-electron chi connectivity index (χ3n) is 0.556. The first-order chi connectivity index (χ1) is 5.50. The molecule has 0 heterocycles. The van der Waals surface area contributed by atoms with E-state index < -0.39 is 0 Å². The molecule has 0 nitrogen and oxygen atoms in total. The minimum atomic E-state index is 0. The van der Waals surface area contributed by atoms with Gasteiger partial charge in [-0.25, -0.2) is 12.1 Å². The Hall–Kier alpha value is 0.0643. The van der Waals surface area contributed by atoms with E-state index in [1.54, 1.807) is 20.8 Å². The van der Waals surface area contributed by atoms with Crippen LogP contribution in [0.1, 0.15) is 20.8 Å². The van der Waals surface area contributed by atoms with Gasteiger partial charge in [-0.3, -0.25) is 0 Å². The van der Waals surface area contributed by atoms with Crippen LogP contribution in [0.2, 0.25) is 0 Å². The summed E-state index contributed by atoms with van der Waals surface area (Å²) in [6.07, 6.45) is 0. The second kappa shape index (κ2) is 43.7. The van der Waals surface area contributed by atoms with Crippen LogP contribution >= 0.6 is 0 Å². The molecule has 1 heteroatoms. The second-order valence-corrected chi connectivity index (χ2v) is 0.962. The molecular weight excluding hydrogens is 180 g/mol. The third kappa shape index (κ3) is 32.2. The molecule has 0 N–H and O–H groups in total. The molecule has 0 aromatic heterocycles. The topological polar surface area (TPSA) is 0 Å². The Labute approximate surface area is 93.6 Å². The molecule has 0 aliphatic rings. The van der Waals surface area contributed by atoms with Crippen LogP contribution in [0.4, 0.5) is 0 Å². The van der Waals surface area contributed by atoms with Gasteiger partial charge in [0.05, 0.1) is 0 Å². The molecule has 0 fully saturated rings. The van der Waals surface area contributed by atoms with Crippen LogP contribution in [0.15, 0.2) is 30.3 Å². The average Bonchev–Trinajstić information content (AvgIpc) is 2.71. The summed E-state index contributed by atoms with van der Waals surface area (Å²) < 4.78 is 0. The Kier molecular flexibility index (Phi) is 82.7. The SMILES string of the molecule is [CH2-]C.[CH2-]C.[CH2-]C.[Ti+4].c1cc[cH-]c1. The standard InChI is InChI=1S/C5H5.3C2H5.Ti/c1-2-4-5-3-1;3*1-2;/h1-5H;3*1H2,2H3;/q4*-1;+4. The summed E-state index contributed by atoms with van der Waals surface area (Å²) in [5.74, 6) is 0.